The molecule has 224 valence electrons. The summed E-state index contributed by atoms with van der Waals surface area (Å²) in [6, 6.07) is 14.9. The number of halogens is 5. The molecule has 3 aromatic carbocycles. The van der Waals surface area contributed by atoms with E-state index in [-0.39, 0.29) is 18.8 Å². The Morgan fingerprint density at radius 2 is 1.60 bits per heavy atom. The molecule has 1 saturated heterocycles. The third kappa shape index (κ3) is 8.51. The van der Waals surface area contributed by atoms with Crippen LogP contribution in [0.3, 0.4) is 0 Å². The summed E-state index contributed by atoms with van der Waals surface area (Å²) in [5, 5.41) is 5.79. The molecule has 4 rings (SSSR count). The van der Waals surface area contributed by atoms with E-state index in [0.29, 0.717) is 28.1 Å². The number of carbonyl (C=O) groups is 2. The number of amides is 3. The largest absolute Gasteiger partial charge is 0.573 e. The van der Waals surface area contributed by atoms with E-state index in [4.69, 9.17) is 16.3 Å². The van der Waals surface area contributed by atoms with E-state index in [9.17, 15) is 27.2 Å². The molecule has 0 unspecified atom stereocenters. The molecule has 12 heteroatoms. The summed E-state index contributed by atoms with van der Waals surface area (Å²) in [6.45, 7) is 5.67. The molecule has 2 atom stereocenters. The lowest BCUT2D eigenvalue weighted by atomic mass is 9.86. The Balaban J connectivity index is 1.57. The van der Waals surface area contributed by atoms with Crippen molar-refractivity contribution in [3.63, 3.8) is 0 Å². The van der Waals surface area contributed by atoms with Gasteiger partial charge in [-0.1, -0.05) is 41.9 Å². The molecule has 0 aromatic heterocycles. The lowest BCUT2D eigenvalue weighted by Gasteiger charge is -2.39. The van der Waals surface area contributed by atoms with E-state index in [2.05, 4.69) is 15.4 Å². The van der Waals surface area contributed by atoms with Gasteiger partial charge in [-0.25, -0.2) is 14.0 Å². The van der Waals surface area contributed by atoms with Crippen LogP contribution < -0.4 is 15.4 Å². The predicted molar refractivity (Wildman–Crippen MR) is 151 cm³/mol. The van der Waals surface area contributed by atoms with Crippen LogP contribution in [0.1, 0.15) is 38.7 Å². The number of alkyl halides is 3. The van der Waals surface area contributed by atoms with Gasteiger partial charge in [0.05, 0.1) is 5.69 Å². The third-order valence-corrected chi connectivity index (χ3v) is 6.76. The van der Waals surface area contributed by atoms with Gasteiger partial charge in [0.1, 0.15) is 11.4 Å². The topological polar surface area (TPSA) is 79.9 Å². The Morgan fingerprint density at radius 3 is 2.21 bits per heavy atom. The number of ether oxygens (including phenoxy) is 2. The lowest BCUT2D eigenvalue weighted by Crippen LogP contribution is -2.52. The van der Waals surface area contributed by atoms with Gasteiger partial charge in [0.2, 0.25) is 0 Å². The van der Waals surface area contributed by atoms with Crippen LogP contribution in [0.5, 0.6) is 5.75 Å². The molecule has 0 bridgehead atoms. The standard InChI is InChI=1S/C30H30ClF4N3O4/c1-29(2,3)42-28(40)38-15-14-24(23(17-38)19-6-11-22(32)12-7-19)36-27(39)37-25-16-20(18-4-9-21(31)10-5-18)8-13-26(25)41-30(33,34)35/h4-13,16,23-24H,14-15,17H2,1-3H3,(H2,36,37,39)/t23-,24+/m0/s1. The molecule has 3 aromatic rings. The molecule has 3 amide bonds. The number of likely N-dealkylation sites (tertiary alicyclic amines) is 1. The molecule has 1 fully saturated rings. The summed E-state index contributed by atoms with van der Waals surface area (Å²) in [6.07, 6.45) is -5.20. The van der Waals surface area contributed by atoms with Crippen molar-refractivity contribution in [3.05, 3.63) is 83.1 Å². The molecule has 7 nitrogen and oxygen atoms in total. The fourth-order valence-corrected chi connectivity index (χ4v) is 4.78. The highest BCUT2D eigenvalue weighted by Crippen LogP contribution is 2.35. The van der Waals surface area contributed by atoms with Crippen LogP contribution in [0.2, 0.25) is 5.02 Å². The number of hydrogen-bond acceptors (Lipinski definition) is 4. The van der Waals surface area contributed by atoms with Crippen molar-refractivity contribution in [1.82, 2.24) is 10.2 Å². The Hall–Kier alpha value is -3.99. The molecular formula is C30H30ClF4N3O4. The monoisotopic (exact) mass is 607 g/mol. The van der Waals surface area contributed by atoms with E-state index in [0.717, 1.165) is 6.07 Å². The second-order valence-corrected chi connectivity index (χ2v) is 11.3. The first-order valence-electron chi connectivity index (χ1n) is 13.1. The summed E-state index contributed by atoms with van der Waals surface area (Å²) >= 11 is 5.95. The van der Waals surface area contributed by atoms with Crippen molar-refractivity contribution in [2.75, 3.05) is 18.4 Å². The average molecular weight is 608 g/mol. The van der Waals surface area contributed by atoms with Crippen molar-refractivity contribution in [2.24, 2.45) is 0 Å². The zero-order chi connectivity index (χ0) is 30.7. The highest BCUT2D eigenvalue weighted by atomic mass is 35.5. The van der Waals surface area contributed by atoms with Crippen molar-refractivity contribution in [2.45, 2.75) is 51.1 Å². The van der Waals surface area contributed by atoms with Crippen LogP contribution in [0.25, 0.3) is 11.1 Å². The first-order chi connectivity index (χ1) is 19.7. The second-order valence-electron chi connectivity index (χ2n) is 10.8. The summed E-state index contributed by atoms with van der Waals surface area (Å²) in [5.74, 6) is -1.49. The molecule has 1 aliphatic heterocycles. The third-order valence-electron chi connectivity index (χ3n) is 6.51. The first kappa shape index (κ1) is 31.0. The van der Waals surface area contributed by atoms with Gasteiger partial charge in [-0.3, -0.25) is 0 Å². The van der Waals surface area contributed by atoms with Crippen LogP contribution >= 0.6 is 11.6 Å². The highest BCUT2D eigenvalue weighted by molar-refractivity contribution is 6.30. The van der Waals surface area contributed by atoms with Crippen LogP contribution in [-0.2, 0) is 4.74 Å². The van der Waals surface area contributed by atoms with Gasteiger partial charge < -0.3 is 25.0 Å². The van der Waals surface area contributed by atoms with Crippen molar-refractivity contribution >= 4 is 29.4 Å². The predicted octanol–water partition coefficient (Wildman–Crippen LogP) is 7.96. The number of nitrogens with zero attached hydrogens (tertiary/aromatic N) is 1. The van der Waals surface area contributed by atoms with Gasteiger partial charge in [0.25, 0.3) is 0 Å². The average Bonchev–Trinajstić information content (AvgIpc) is 2.89. The normalized spacial score (nSPS) is 17.4. The van der Waals surface area contributed by atoms with Gasteiger partial charge in [-0.05, 0) is 80.3 Å². The zero-order valence-electron chi connectivity index (χ0n) is 23.1. The number of nitrogens with one attached hydrogen (secondary N) is 2. The maximum atomic E-state index is 13.7. The van der Waals surface area contributed by atoms with Crippen molar-refractivity contribution in [1.29, 1.82) is 0 Å². The number of benzene rings is 3. The van der Waals surface area contributed by atoms with Gasteiger partial charge in [-0.2, -0.15) is 0 Å². The van der Waals surface area contributed by atoms with Crippen LogP contribution in [0, 0.1) is 5.82 Å². The van der Waals surface area contributed by atoms with E-state index in [1.165, 1.54) is 29.2 Å². The maximum Gasteiger partial charge on any atom is 0.573 e. The second kappa shape index (κ2) is 12.5. The molecule has 1 heterocycles. The summed E-state index contributed by atoms with van der Waals surface area (Å²) < 4.78 is 62.7. The molecule has 0 spiro atoms. The van der Waals surface area contributed by atoms with Gasteiger partial charge in [0, 0.05) is 30.1 Å². The Kier molecular flexibility index (Phi) is 9.20. The Morgan fingerprint density at radius 1 is 0.952 bits per heavy atom. The number of piperidine rings is 1. The Labute approximate surface area is 245 Å². The molecule has 2 N–H and O–H groups in total. The minimum absolute atomic E-state index is 0.167. The SMILES string of the molecule is CC(C)(C)OC(=O)N1CC[C@@H](NC(=O)Nc2cc(-c3ccc(Cl)cc3)ccc2OC(F)(F)F)[C@H](c2ccc(F)cc2)C1. The zero-order valence-corrected chi connectivity index (χ0v) is 23.9. The first-order valence-corrected chi connectivity index (χ1v) is 13.5. The maximum absolute atomic E-state index is 13.7. The van der Waals surface area contributed by atoms with Crippen LogP contribution in [0.4, 0.5) is 32.8 Å². The smallest absolute Gasteiger partial charge is 0.444 e. The van der Waals surface area contributed by atoms with E-state index < -0.39 is 47.6 Å². The molecule has 0 aliphatic carbocycles. The minimum atomic E-state index is -4.99. The van der Waals surface area contributed by atoms with E-state index in [1.807, 2.05) is 0 Å². The molecule has 1 aliphatic rings. The lowest BCUT2D eigenvalue weighted by molar-refractivity contribution is -0.274. The van der Waals surface area contributed by atoms with Gasteiger partial charge >= 0.3 is 18.5 Å². The molecule has 0 radical (unpaired) electrons. The summed E-state index contributed by atoms with van der Waals surface area (Å²) in [7, 11) is 0. The quantitative estimate of drug-likeness (QED) is 0.288. The summed E-state index contributed by atoms with van der Waals surface area (Å²) in [4.78, 5) is 27.5. The van der Waals surface area contributed by atoms with Crippen LogP contribution in [-0.4, -0.2) is 48.1 Å². The number of hydrogen-bond donors (Lipinski definition) is 2. The van der Waals surface area contributed by atoms with E-state index in [1.54, 1.807) is 57.2 Å². The van der Waals surface area contributed by atoms with Crippen molar-refractivity contribution in [3.8, 4) is 16.9 Å². The number of rotatable bonds is 5. The van der Waals surface area contributed by atoms with Gasteiger partial charge in [0.15, 0.2) is 5.75 Å². The molecule has 0 saturated carbocycles. The van der Waals surface area contributed by atoms with Crippen molar-refractivity contribution < 1.29 is 36.6 Å². The molecular weight excluding hydrogens is 578 g/mol. The van der Waals surface area contributed by atoms with E-state index >= 15 is 0 Å². The Bertz CT molecular complexity index is 1410. The summed E-state index contributed by atoms with van der Waals surface area (Å²) in [5.41, 5.74) is 0.926. The highest BCUT2D eigenvalue weighted by Gasteiger charge is 2.36. The fourth-order valence-electron chi connectivity index (χ4n) is 4.65. The minimum Gasteiger partial charge on any atom is -0.444 e. The number of carbonyl (C=O) groups excluding carboxylic acids is 2. The fraction of sp³-hybridized carbons (Fsp3) is 0.333. The van der Waals surface area contributed by atoms with Gasteiger partial charge in [-0.15, -0.1) is 13.2 Å². The number of anilines is 1. The molecule has 42 heavy (non-hydrogen) atoms. The number of urea groups is 1. The van der Waals surface area contributed by atoms with Crippen LogP contribution in [0.15, 0.2) is 66.7 Å².